The first-order valence-corrected chi connectivity index (χ1v) is 12.4. The van der Waals surface area contributed by atoms with Crippen molar-refractivity contribution in [1.82, 2.24) is 19.7 Å². The van der Waals surface area contributed by atoms with Crippen LogP contribution < -0.4 is 0 Å². The van der Waals surface area contributed by atoms with Gasteiger partial charge in [0.1, 0.15) is 0 Å². The maximum atomic E-state index is 9.56. The molecule has 0 bridgehead atoms. The summed E-state index contributed by atoms with van der Waals surface area (Å²) in [7, 11) is 0. The molecule has 0 saturated carbocycles. The first-order chi connectivity index (χ1) is 18.8. The number of benzene rings is 5. The van der Waals surface area contributed by atoms with Gasteiger partial charge in [0.15, 0.2) is 11.6 Å². The second-order valence-electron chi connectivity index (χ2n) is 9.17. The topological polar surface area (TPSA) is 70.3 Å². The zero-order chi connectivity index (χ0) is 25.5. The molecular formula is C33H21N5. The van der Waals surface area contributed by atoms with E-state index in [-0.39, 0.29) is 0 Å². The van der Waals surface area contributed by atoms with E-state index >= 15 is 0 Å². The number of hydrogen-bond acceptors (Lipinski definition) is 3. The summed E-state index contributed by atoms with van der Waals surface area (Å²) in [5, 5.41) is 19.6. The molecule has 0 aliphatic rings. The molecule has 0 saturated heterocycles. The first-order valence-electron chi connectivity index (χ1n) is 12.4. The zero-order valence-electron chi connectivity index (χ0n) is 20.3. The van der Waals surface area contributed by atoms with Gasteiger partial charge in [-0.15, -0.1) is 0 Å². The second-order valence-corrected chi connectivity index (χ2v) is 9.17. The van der Waals surface area contributed by atoms with Crippen molar-refractivity contribution in [1.29, 1.82) is 5.26 Å². The lowest BCUT2D eigenvalue weighted by atomic mass is 9.99. The van der Waals surface area contributed by atoms with Gasteiger partial charge in [-0.25, -0.2) is 4.98 Å². The lowest BCUT2D eigenvalue weighted by Crippen LogP contribution is -1.98. The number of aromatic amines is 1. The van der Waals surface area contributed by atoms with Gasteiger partial charge in [-0.3, -0.25) is 5.10 Å². The maximum Gasteiger partial charge on any atom is 0.181 e. The number of nitrogens with one attached hydrogen (secondary N) is 1. The van der Waals surface area contributed by atoms with Crippen LogP contribution in [0.15, 0.2) is 121 Å². The first kappa shape index (κ1) is 21.8. The second kappa shape index (κ2) is 8.88. The van der Waals surface area contributed by atoms with Crippen molar-refractivity contribution < 1.29 is 0 Å². The van der Waals surface area contributed by atoms with E-state index in [4.69, 9.17) is 4.98 Å². The van der Waals surface area contributed by atoms with Crippen molar-refractivity contribution in [3.05, 3.63) is 127 Å². The molecule has 2 aromatic heterocycles. The van der Waals surface area contributed by atoms with Crippen LogP contribution in [0.2, 0.25) is 0 Å². The lowest BCUT2D eigenvalue weighted by Gasteiger charge is -2.15. The molecule has 0 radical (unpaired) electrons. The Morgan fingerprint density at radius 2 is 1.32 bits per heavy atom. The fourth-order valence-corrected chi connectivity index (χ4v) is 5.15. The fraction of sp³-hybridized carbons (Fsp3) is 0. The highest BCUT2D eigenvalue weighted by Gasteiger charge is 2.18. The average molecular weight is 488 g/mol. The third kappa shape index (κ3) is 3.56. The summed E-state index contributed by atoms with van der Waals surface area (Å²) in [5.41, 5.74) is 7.77. The normalized spacial score (nSPS) is 11.1. The van der Waals surface area contributed by atoms with E-state index < -0.39 is 0 Å². The van der Waals surface area contributed by atoms with E-state index in [1.807, 2.05) is 48.5 Å². The van der Waals surface area contributed by atoms with Gasteiger partial charge in [0.2, 0.25) is 0 Å². The van der Waals surface area contributed by atoms with Crippen LogP contribution in [0.1, 0.15) is 5.56 Å². The zero-order valence-corrected chi connectivity index (χ0v) is 20.3. The highest BCUT2D eigenvalue weighted by atomic mass is 15.2. The van der Waals surface area contributed by atoms with Gasteiger partial charge in [0, 0.05) is 27.5 Å². The number of para-hydroxylation sites is 2. The molecule has 38 heavy (non-hydrogen) atoms. The Labute approximate surface area is 219 Å². The Morgan fingerprint density at radius 1 is 0.632 bits per heavy atom. The van der Waals surface area contributed by atoms with Crippen molar-refractivity contribution in [2.24, 2.45) is 0 Å². The Kier molecular flexibility index (Phi) is 5.09. The van der Waals surface area contributed by atoms with Crippen LogP contribution in [0.3, 0.4) is 0 Å². The minimum Gasteiger partial charge on any atom is -0.309 e. The number of H-pyrrole nitrogens is 1. The molecule has 0 atom stereocenters. The monoisotopic (exact) mass is 487 g/mol. The predicted molar refractivity (Wildman–Crippen MR) is 152 cm³/mol. The van der Waals surface area contributed by atoms with E-state index in [2.05, 4.69) is 93.6 Å². The van der Waals surface area contributed by atoms with Crippen molar-refractivity contribution in [3.63, 3.8) is 0 Å². The molecule has 5 heteroatoms. The molecule has 0 unspecified atom stereocenters. The molecule has 7 rings (SSSR count). The molecule has 178 valence electrons. The third-order valence-corrected chi connectivity index (χ3v) is 6.91. The molecule has 0 aliphatic heterocycles. The molecule has 7 aromatic rings. The van der Waals surface area contributed by atoms with E-state index in [9.17, 15) is 5.26 Å². The van der Waals surface area contributed by atoms with Gasteiger partial charge in [-0.05, 0) is 35.9 Å². The van der Waals surface area contributed by atoms with Crippen molar-refractivity contribution in [2.75, 3.05) is 0 Å². The fourth-order valence-electron chi connectivity index (χ4n) is 5.15. The van der Waals surface area contributed by atoms with E-state index in [0.29, 0.717) is 17.2 Å². The van der Waals surface area contributed by atoms with Crippen molar-refractivity contribution in [3.8, 4) is 45.7 Å². The molecule has 2 heterocycles. The summed E-state index contributed by atoms with van der Waals surface area (Å²) in [5.74, 6) is 1.35. The predicted octanol–water partition coefficient (Wildman–Crippen LogP) is 7.77. The van der Waals surface area contributed by atoms with Crippen LogP contribution >= 0.6 is 0 Å². The van der Waals surface area contributed by atoms with Crippen LogP contribution in [0, 0.1) is 11.3 Å². The van der Waals surface area contributed by atoms with Crippen LogP contribution in [-0.4, -0.2) is 19.7 Å². The molecule has 1 N–H and O–H groups in total. The third-order valence-electron chi connectivity index (χ3n) is 6.91. The summed E-state index contributed by atoms with van der Waals surface area (Å²) >= 11 is 0. The Morgan fingerprint density at radius 3 is 2.05 bits per heavy atom. The lowest BCUT2D eigenvalue weighted by molar-refractivity contribution is 1.10. The van der Waals surface area contributed by atoms with E-state index in [1.54, 1.807) is 0 Å². The van der Waals surface area contributed by atoms with E-state index in [0.717, 1.165) is 39.0 Å². The summed E-state index contributed by atoms with van der Waals surface area (Å²) in [6, 6.07) is 43.2. The highest BCUT2D eigenvalue weighted by Crippen LogP contribution is 2.38. The van der Waals surface area contributed by atoms with Crippen LogP contribution in [-0.2, 0) is 0 Å². The highest BCUT2D eigenvalue weighted by molar-refractivity contribution is 6.09. The van der Waals surface area contributed by atoms with Crippen LogP contribution in [0.4, 0.5) is 0 Å². The number of rotatable bonds is 4. The minimum atomic E-state index is 0.627. The summed E-state index contributed by atoms with van der Waals surface area (Å²) in [6.07, 6.45) is 0. The molecule has 5 aromatic carbocycles. The molecule has 5 nitrogen and oxygen atoms in total. The Hall–Kier alpha value is -5.47. The molecule has 0 aliphatic carbocycles. The summed E-state index contributed by atoms with van der Waals surface area (Å²) in [6.45, 7) is 0. The Balaban J connectivity index is 1.50. The van der Waals surface area contributed by atoms with Gasteiger partial charge in [-0.2, -0.15) is 10.4 Å². The number of nitriles is 1. The van der Waals surface area contributed by atoms with Gasteiger partial charge in [-0.1, -0.05) is 91.0 Å². The number of aromatic nitrogens is 4. The quantitative estimate of drug-likeness (QED) is 0.276. The smallest absolute Gasteiger partial charge is 0.181 e. The average Bonchev–Trinajstić information content (AvgIpc) is 3.61. The molecule has 0 spiro atoms. The van der Waals surface area contributed by atoms with Crippen molar-refractivity contribution >= 4 is 21.8 Å². The van der Waals surface area contributed by atoms with Gasteiger partial charge >= 0.3 is 0 Å². The van der Waals surface area contributed by atoms with Gasteiger partial charge < -0.3 is 4.57 Å². The summed E-state index contributed by atoms with van der Waals surface area (Å²) in [4.78, 5) is 4.81. The molecule has 0 amide bonds. The molecule has 0 fully saturated rings. The minimum absolute atomic E-state index is 0.627. The largest absolute Gasteiger partial charge is 0.309 e. The number of nitrogens with zero attached hydrogens (tertiary/aromatic N) is 4. The standard InChI is InChI=1S/C33H21N5/c34-21-22-9-8-12-24(19-22)26-18-17-25(33-35-32(36-37-33)23-10-2-1-3-11-23)20-31(26)38-29-15-6-4-13-27(29)28-14-5-7-16-30(28)38/h1-20H,(H,35,36,37). The van der Waals surface area contributed by atoms with Crippen molar-refractivity contribution in [2.45, 2.75) is 0 Å². The van der Waals surface area contributed by atoms with Crippen LogP contribution in [0.5, 0.6) is 0 Å². The maximum absolute atomic E-state index is 9.56. The van der Waals surface area contributed by atoms with Gasteiger partial charge in [0.05, 0.1) is 28.4 Å². The number of fused-ring (bicyclic) bond motifs is 3. The van der Waals surface area contributed by atoms with Gasteiger partial charge in [0.25, 0.3) is 0 Å². The molecular weight excluding hydrogens is 466 g/mol. The summed E-state index contributed by atoms with van der Waals surface area (Å²) < 4.78 is 2.30. The van der Waals surface area contributed by atoms with Crippen LogP contribution in [0.25, 0.3) is 61.4 Å². The van der Waals surface area contributed by atoms with E-state index in [1.165, 1.54) is 10.8 Å². The SMILES string of the molecule is N#Cc1cccc(-c2ccc(-c3nc(-c4ccccc4)n[nH]3)cc2-n2c3ccccc3c3ccccc32)c1. The number of hydrogen-bond donors (Lipinski definition) is 1. The Bertz CT molecular complexity index is 1940.